The van der Waals surface area contributed by atoms with E-state index in [9.17, 15) is 31.2 Å². The number of alkyl halides is 2. The zero-order chi connectivity index (χ0) is 21.6. The molecule has 0 saturated heterocycles. The molecule has 1 aromatic heterocycles. The lowest BCUT2D eigenvalue weighted by molar-refractivity contribution is 0.0818. The number of rotatable bonds is 10. The molecule has 2 N–H and O–H groups in total. The van der Waals surface area contributed by atoms with Crippen molar-refractivity contribution in [3.05, 3.63) is 62.7 Å². The van der Waals surface area contributed by atoms with Gasteiger partial charge in [-0.25, -0.2) is 26.7 Å². The average Bonchev–Trinajstić information content (AvgIpc) is 2.64. The molecule has 1 aromatic carbocycles. The fourth-order valence-electron chi connectivity index (χ4n) is 2.50. The van der Waals surface area contributed by atoms with Crippen LogP contribution in [0, 0.1) is 5.82 Å². The predicted octanol–water partition coefficient (Wildman–Crippen LogP) is 1.39. The number of aromatic amines is 1. The zero-order valence-electron chi connectivity index (χ0n) is 15.4. The van der Waals surface area contributed by atoms with Crippen molar-refractivity contribution in [1.82, 2.24) is 14.3 Å². The number of halogens is 3. The highest BCUT2D eigenvalue weighted by atomic mass is 32.2. The van der Waals surface area contributed by atoms with E-state index >= 15 is 0 Å². The minimum atomic E-state index is -3.76. The van der Waals surface area contributed by atoms with Crippen LogP contribution in [0.25, 0.3) is 0 Å². The van der Waals surface area contributed by atoms with Crippen LogP contribution < -0.4 is 20.7 Å². The lowest BCUT2D eigenvalue weighted by Crippen LogP contribution is -2.33. The Morgan fingerprint density at radius 2 is 2.00 bits per heavy atom. The Morgan fingerprint density at radius 1 is 1.28 bits per heavy atom. The molecule has 12 heteroatoms. The van der Waals surface area contributed by atoms with Gasteiger partial charge in [0.05, 0.1) is 11.9 Å². The van der Waals surface area contributed by atoms with E-state index in [1.165, 1.54) is 12.1 Å². The molecule has 2 aromatic rings. The first-order valence-corrected chi connectivity index (χ1v) is 10.2. The molecular formula is C17H20F3N3O5S. The van der Waals surface area contributed by atoms with E-state index in [0.717, 1.165) is 4.57 Å². The van der Waals surface area contributed by atoms with Gasteiger partial charge < -0.3 is 4.74 Å². The minimum absolute atomic E-state index is 0.00895. The Morgan fingerprint density at radius 3 is 2.69 bits per heavy atom. The lowest BCUT2D eigenvalue weighted by Gasteiger charge is -2.16. The number of aryl methyl sites for hydroxylation is 1. The number of H-pyrrole nitrogens is 1. The van der Waals surface area contributed by atoms with Crippen molar-refractivity contribution >= 4 is 10.0 Å². The standard InChI is InChI=1S/C17H20F3N3O5S/c1-11(12-4-2-5-13(8-12)28-10-15(19)20)22-29(26,27)7-3-6-23-9-14(18)16(24)21-17(23)25/h2,4-5,8-9,11,15,22H,3,6-7,10H2,1H3,(H,21,24,25)/t11-/m1/s1. The maximum Gasteiger partial charge on any atom is 0.328 e. The maximum absolute atomic E-state index is 13.2. The molecule has 0 spiro atoms. The zero-order valence-corrected chi connectivity index (χ0v) is 16.2. The summed E-state index contributed by atoms with van der Waals surface area (Å²) in [5.74, 6) is -1.31. The van der Waals surface area contributed by atoms with Crippen molar-refractivity contribution in [3.63, 3.8) is 0 Å². The summed E-state index contributed by atoms with van der Waals surface area (Å²) in [6.45, 7) is 0.693. The summed E-state index contributed by atoms with van der Waals surface area (Å²) in [6.07, 6.45) is -1.92. The third-order valence-electron chi connectivity index (χ3n) is 3.87. The third kappa shape index (κ3) is 7.06. The summed E-state index contributed by atoms with van der Waals surface area (Å²) in [7, 11) is -3.76. The van der Waals surface area contributed by atoms with Gasteiger partial charge in [0.15, 0.2) is 0 Å². The van der Waals surface area contributed by atoms with Crippen LogP contribution in [-0.2, 0) is 16.6 Å². The number of hydrogen-bond acceptors (Lipinski definition) is 5. The number of hydrogen-bond donors (Lipinski definition) is 2. The van der Waals surface area contributed by atoms with Gasteiger partial charge in [0.1, 0.15) is 12.4 Å². The van der Waals surface area contributed by atoms with Crippen LogP contribution in [0.5, 0.6) is 5.75 Å². The van der Waals surface area contributed by atoms with Gasteiger partial charge in [0.2, 0.25) is 15.8 Å². The Balaban J connectivity index is 1.95. The largest absolute Gasteiger partial charge is 0.488 e. The summed E-state index contributed by atoms with van der Waals surface area (Å²) in [5, 5.41) is 0. The van der Waals surface area contributed by atoms with Crippen molar-refractivity contribution in [3.8, 4) is 5.75 Å². The van der Waals surface area contributed by atoms with E-state index < -0.39 is 46.2 Å². The third-order valence-corrected chi connectivity index (χ3v) is 5.41. The highest BCUT2D eigenvalue weighted by Crippen LogP contribution is 2.20. The number of aromatic nitrogens is 2. The SMILES string of the molecule is C[C@@H](NS(=O)(=O)CCCn1cc(F)c(=O)[nH]c1=O)c1cccc(OCC(F)F)c1. The van der Waals surface area contributed by atoms with E-state index in [1.54, 1.807) is 24.0 Å². The summed E-state index contributed by atoms with van der Waals surface area (Å²) in [5.41, 5.74) is -1.47. The van der Waals surface area contributed by atoms with Gasteiger partial charge in [-0.1, -0.05) is 12.1 Å². The number of ether oxygens (including phenoxy) is 1. The van der Waals surface area contributed by atoms with Gasteiger partial charge in [-0.3, -0.25) is 14.3 Å². The molecule has 29 heavy (non-hydrogen) atoms. The highest BCUT2D eigenvalue weighted by Gasteiger charge is 2.17. The van der Waals surface area contributed by atoms with Crippen LogP contribution in [0.4, 0.5) is 13.2 Å². The summed E-state index contributed by atoms with van der Waals surface area (Å²) < 4.78 is 70.4. The van der Waals surface area contributed by atoms with Crippen molar-refractivity contribution in [1.29, 1.82) is 0 Å². The van der Waals surface area contributed by atoms with Crippen molar-refractivity contribution in [2.45, 2.75) is 32.4 Å². The second-order valence-corrected chi connectivity index (χ2v) is 8.09. The van der Waals surface area contributed by atoms with Crippen LogP contribution in [-0.4, -0.2) is 36.8 Å². The molecule has 2 rings (SSSR count). The van der Waals surface area contributed by atoms with Gasteiger partial charge in [-0.15, -0.1) is 0 Å². The van der Waals surface area contributed by atoms with Crippen LogP contribution >= 0.6 is 0 Å². The predicted molar refractivity (Wildman–Crippen MR) is 99.2 cm³/mol. The number of benzene rings is 1. The molecule has 1 heterocycles. The lowest BCUT2D eigenvalue weighted by atomic mass is 10.1. The monoisotopic (exact) mass is 435 g/mol. The molecule has 160 valence electrons. The quantitative estimate of drug-likeness (QED) is 0.586. The Labute approximate surface area is 164 Å². The second-order valence-electron chi connectivity index (χ2n) is 6.22. The molecule has 1 atom stereocenters. The molecule has 0 aliphatic rings. The molecule has 0 saturated carbocycles. The molecule has 0 aliphatic heterocycles. The van der Waals surface area contributed by atoms with E-state index in [-0.39, 0.29) is 24.5 Å². The fourth-order valence-corrected chi connectivity index (χ4v) is 3.80. The van der Waals surface area contributed by atoms with Gasteiger partial charge in [0, 0.05) is 12.6 Å². The van der Waals surface area contributed by atoms with E-state index in [1.807, 2.05) is 0 Å². The first kappa shape index (κ1) is 22.7. The Kier molecular flexibility index (Phi) is 7.62. The maximum atomic E-state index is 13.2. The molecule has 8 nitrogen and oxygen atoms in total. The summed E-state index contributed by atoms with van der Waals surface area (Å²) >= 11 is 0. The first-order chi connectivity index (χ1) is 13.6. The van der Waals surface area contributed by atoms with Crippen LogP contribution in [0.15, 0.2) is 40.1 Å². The normalized spacial score (nSPS) is 12.9. The summed E-state index contributed by atoms with van der Waals surface area (Å²) in [6, 6.07) is 5.44. The van der Waals surface area contributed by atoms with E-state index in [2.05, 4.69) is 4.72 Å². The van der Waals surface area contributed by atoms with Crippen molar-refractivity contribution in [2.24, 2.45) is 0 Å². The molecule has 0 amide bonds. The molecule has 0 unspecified atom stereocenters. The topological polar surface area (TPSA) is 110 Å². The second kappa shape index (κ2) is 9.74. The van der Waals surface area contributed by atoms with Gasteiger partial charge in [-0.05, 0) is 31.0 Å². The van der Waals surface area contributed by atoms with E-state index in [4.69, 9.17) is 4.74 Å². The van der Waals surface area contributed by atoms with Gasteiger partial charge in [0.25, 0.3) is 12.0 Å². The molecule has 0 aliphatic carbocycles. The molecular weight excluding hydrogens is 415 g/mol. The van der Waals surface area contributed by atoms with Gasteiger partial charge in [-0.2, -0.15) is 4.39 Å². The molecule has 0 fully saturated rings. The summed E-state index contributed by atoms with van der Waals surface area (Å²) in [4.78, 5) is 24.3. The van der Waals surface area contributed by atoms with Gasteiger partial charge >= 0.3 is 5.69 Å². The highest BCUT2D eigenvalue weighted by molar-refractivity contribution is 7.89. The number of sulfonamides is 1. The van der Waals surface area contributed by atoms with E-state index in [0.29, 0.717) is 11.8 Å². The van der Waals surface area contributed by atoms with Crippen LogP contribution in [0.3, 0.4) is 0 Å². The Hall–Kier alpha value is -2.60. The van der Waals surface area contributed by atoms with Crippen molar-refractivity contribution in [2.75, 3.05) is 12.4 Å². The molecule has 0 radical (unpaired) electrons. The molecule has 0 bridgehead atoms. The smallest absolute Gasteiger partial charge is 0.328 e. The minimum Gasteiger partial charge on any atom is -0.488 e. The Bertz CT molecular complexity index is 1050. The number of nitrogens with zero attached hydrogens (tertiary/aromatic N) is 1. The number of nitrogens with one attached hydrogen (secondary N) is 2. The fraction of sp³-hybridized carbons (Fsp3) is 0.412. The van der Waals surface area contributed by atoms with Crippen LogP contribution in [0.2, 0.25) is 0 Å². The first-order valence-electron chi connectivity index (χ1n) is 8.57. The van der Waals surface area contributed by atoms with Crippen LogP contribution in [0.1, 0.15) is 24.9 Å². The average molecular weight is 435 g/mol. The van der Waals surface area contributed by atoms with Crippen molar-refractivity contribution < 1.29 is 26.3 Å².